The molecule has 0 radical (unpaired) electrons. The molecular weight excluding hydrogens is 182 g/mol. The lowest BCUT2D eigenvalue weighted by Crippen LogP contribution is -2.15. The van der Waals surface area contributed by atoms with Crippen molar-refractivity contribution in [1.29, 1.82) is 0 Å². The molecule has 0 heterocycles. The Morgan fingerprint density at radius 3 is 2.69 bits per heavy atom. The van der Waals surface area contributed by atoms with Gasteiger partial charge in [0.25, 0.3) is 0 Å². The Kier molecular flexibility index (Phi) is 3.76. The van der Waals surface area contributed by atoms with Gasteiger partial charge < -0.3 is 5.73 Å². The smallest absolute Gasteiger partial charge is 0.0435 e. The molecule has 1 nitrogen and oxygen atoms in total. The minimum absolute atomic E-state index is 0.274. The lowest BCUT2D eigenvalue weighted by molar-refractivity contribution is 0.666. The summed E-state index contributed by atoms with van der Waals surface area (Å²) < 4.78 is 0. The Labute approximate surface area is 84.9 Å². The number of halogens is 1. The maximum Gasteiger partial charge on any atom is 0.0435 e. The van der Waals surface area contributed by atoms with Crippen molar-refractivity contribution in [3.63, 3.8) is 0 Å². The Morgan fingerprint density at radius 2 is 2.15 bits per heavy atom. The molecule has 1 aromatic rings. The number of nitrogens with two attached hydrogens (primary N) is 1. The van der Waals surface area contributed by atoms with Gasteiger partial charge in [0, 0.05) is 11.1 Å². The van der Waals surface area contributed by atoms with Gasteiger partial charge in [-0.2, -0.15) is 0 Å². The quantitative estimate of drug-likeness (QED) is 0.793. The van der Waals surface area contributed by atoms with Crippen molar-refractivity contribution in [3.05, 3.63) is 34.3 Å². The van der Waals surface area contributed by atoms with E-state index in [2.05, 4.69) is 12.1 Å². The molecular formula is C11H16ClN. The van der Waals surface area contributed by atoms with Gasteiger partial charge in [-0.15, -0.1) is 0 Å². The second kappa shape index (κ2) is 4.64. The highest BCUT2D eigenvalue weighted by Crippen LogP contribution is 2.17. The van der Waals surface area contributed by atoms with Crippen molar-refractivity contribution in [1.82, 2.24) is 0 Å². The van der Waals surface area contributed by atoms with Crippen LogP contribution in [-0.4, -0.2) is 6.04 Å². The molecule has 0 aliphatic carbocycles. The van der Waals surface area contributed by atoms with Crippen molar-refractivity contribution in [2.75, 3.05) is 0 Å². The van der Waals surface area contributed by atoms with Crippen LogP contribution in [0.1, 0.15) is 24.5 Å². The summed E-state index contributed by atoms with van der Waals surface area (Å²) in [5.41, 5.74) is 8.14. The van der Waals surface area contributed by atoms with E-state index in [0.717, 1.165) is 23.4 Å². The summed E-state index contributed by atoms with van der Waals surface area (Å²) in [4.78, 5) is 0. The zero-order valence-corrected chi connectivity index (χ0v) is 8.93. The van der Waals surface area contributed by atoms with E-state index in [1.165, 1.54) is 5.56 Å². The highest BCUT2D eigenvalue weighted by Gasteiger charge is 1.99. The summed E-state index contributed by atoms with van der Waals surface area (Å²) in [6.07, 6.45) is 2.07. The highest BCUT2D eigenvalue weighted by molar-refractivity contribution is 6.31. The monoisotopic (exact) mass is 197 g/mol. The van der Waals surface area contributed by atoms with E-state index in [4.69, 9.17) is 17.3 Å². The van der Waals surface area contributed by atoms with E-state index in [9.17, 15) is 0 Å². The van der Waals surface area contributed by atoms with Gasteiger partial charge in [-0.1, -0.05) is 23.7 Å². The van der Waals surface area contributed by atoms with Crippen LogP contribution in [0.15, 0.2) is 18.2 Å². The topological polar surface area (TPSA) is 26.0 Å². The first-order chi connectivity index (χ1) is 6.09. The SMILES string of the molecule is Cc1cc(CC[C@@H](C)N)ccc1Cl. The number of rotatable bonds is 3. The normalized spacial score (nSPS) is 12.9. The summed E-state index contributed by atoms with van der Waals surface area (Å²) >= 11 is 5.92. The summed E-state index contributed by atoms with van der Waals surface area (Å²) in [5.74, 6) is 0. The van der Waals surface area contributed by atoms with Crippen molar-refractivity contribution >= 4 is 11.6 Å². The molecule has 0 bridgehead atoms. The first-order valence-electron chi connectivity index (χ1n) is 4.60. The van der Waals surface area contributed by atoms with Gasteiger partial charge in [0.2, 0.25) is 0 Å². The second-order valence-corrected chi connectivity index (χ2v) is 4.01. The van der Waals surface area contributed by atoms with Crippen LogP contribution in [0.5, 0.6) is 0 Å². The number of aryl methyl sites for hydroxylation is 2. The van der Waals surface area contributed by atoms with E-state index in [1.807, 2.05) is 19.9 Å². The molecule has 2 heteroatoms. The van der Waals surface area contributed by atoms with Crippen LogP contribution >= 0.6 is 11.6 Å². The molecule has 0 saturated carbocycles. The van der Waals surface area contributed by atoms with Gasteiger partial charge in [-0.05, 0) is 43.9 Å². The number of benzene rings is 1. The van der Waals surface area contributed by atoms with Crippen LogP contribution in [0, 0.1) is 6.92 Å². The molecule has 0 saturated heterocycles. The minimum atomic E-state index is 0.274. The summed E-state index contributed by atoms with van der Waals surface area (Å²) in [5, 5.41) is 0.838. The maximum absolute atomic E-state index is 5.92. The third-order valence-corrected chi connectivity index (χ3v) is 2.53. The predicted molar refractivity (Wildman–Crippen MR) is 58.2 cm³/mol. The summed E-state index contributed by atoms with van der Waals surface area (Å²) in [7, 11) is 0. The molecule has 1 rings (SSSR count). The van der Waals surface area contributed by atoms with Crippen LogP contribution < -0.4 is 5.73 Å². The molecule has 0 spiro atoms. The van der Waals surface area contributed by atoms with E-state index in [1.54, 1.807) is 0 Å². The Bertz CT molecular complexity index is 281. The standard InChI is InChI=1S/C11H16ClN/c1-8-7-10(4-3-9(2)13)5-6-11(8)12/h5-7,9H,3-4,13H2,1-2H3/t9-/m1/s1. The number of hydrogen-bond acceptors (Lipinski definition) is 1. The Balaban J connectivity index is 2.63. The Hall–Kier alpha value is -0.530. The fourth-order valence-electron chi connectivity index (χ4n) is 1.26. The first-order valence-corrected chi connectivity index (χ1v) is 4.98. The number of hydrogen-bond donors (Lipinski definition) is 1. The molecule has 1 aromatic carbocycles. The van der Waals surface area contributed by atoms with E-state index < -0.39 is 0 Å². The Morgan fingerprint density at radius 1 is 1.46 bits per heavy atom. The fraction of sp³-hybridized carbons (Fsp3) is 0.455. The zero-order chi connectivity index (χ0) is 9.84. The second-order valence-electron chi connectivity index (χ2n) is 3.60. The van der Waals surface area contributed by atoms with E-state index >= 15 is 0 Å². The summed E-state index contributed by atoms with van der Waals surface area (Å²) in [6.45, 7) is 4.06. The van der Waals surface area contributed by atoms with Crippen LogP contribution in [0.3, 0.4) is 0 Å². The fourth-order valence-corrected chi connectivity index (χ4v) is 1.37. The van der Waals surface area contributed by atoms with Crippen molar-refractivity contribution in [3.8, 4) is 0 Å². The molecule has 0 aromatic heterocycles. The zero-order valence-electron chi connectivity index (χ0n) is 8.18. The lowest BCUT2D eigenvalue weighted by Gasteiger charge is -2.06. The van der Waals surface area contributed by atoms with Gasteiger partial charge in [-0.25, -0.2) is 0 Å². The van der Waals surface area contributed by atoms with Crippen molar-refractivity contribution in [2.45, 2.75) is 32.7 Å². The summed E-state index contributed by atoms with van der Waals surface area (Å²) in [6, 6.07) is 6.42. The van der Waals surface area contributed by atoms with Gasteiger partial charge in [-0.3, -0.25) is 0 Å². The van der Waals surface area contributed by atoms with Crippen LogP contribution in [0.2, 0.25) is 5.02 Å². The van der Waals surface area contributed by atoms with Gasteiger partial charge in [0.05, 0.1) is 0 Å². The molecule has 1 atom stereocenters. The largest absolute Gasteiger partial charge is 0.328 e. The highest BCUT2D eigenvalue weighted by atomic mass is 35.5. The van der Waals surface area contributed by atoms with Gasteiger partial charge in [0.15, 0.2) is 0 Å². The lowest BCUT2D eigenvalue weighted by atomic mass is 10.0. The van der Waals surface area contributed by atoms with E-state index in [-0.39, 0.29) is 6.04 Å². The molecule has 2 N–H and O–H groups in total. The van der Waals surface area contributed by atoms with Crippen LogP contribution in [0.25, 0.3) is 0 Å². The van der Waals surface area contributed by atoms with Crippen molar-refractivity contribution in [2.24, 2.45) is 5.73 Å². The molecule has 0 unspecified atom stereocenters. The predicted octanol–water partition coefficient (Wildman–Crippen LogP) is 2.93. The molecule has 0 aliphatic heterocycles. The van der Waals surface area contributed by atoms with E-state index in [0.29, 0.717) is 0 Å². The average Bonchev–Trinajstić information content (AvgIpc) is 2.07. The third kappa shape index (κ3) is 3.37. The molecule has 0 fully saturated rings. The first kappa shape index (κ1) is 10.6. The molecule has 0 aliphatic rings. The third-order valence-electron chi connectivity index (χ3n) is 2.11. The minimum Gasteiger partial charge on any atom is -0.328 e. The van der Waals surface area contributed by atoms with Crippen molar-refractivity contribution < 1.29 is 0 Å². The molecule has 72 valence electrons. The van der Waals surface area contributed by atoms with Gasteiger partial charge >= 0.3 is 0 Å². The van der Waals surface area contributed by atoms with Crippen LogP contribution in [0.4, 0.5) is 0 Å². The average molecular weight is 198 g/mol. The van der Waals surface area contributed by atoms with Crippen LogP contribution in [-0.2, 0) is 6.42 Å². The molecule has 13 heavy (non-hydrogen) atoms. The maximum atomic E-state index is 5.92. The molecule has 0 amide bonds. The van der Waals surface area contributed by atoms with Gasteiger partial charge in [0.1, 0.15) is 0 Å².